The van der Waals surface area contributed by atoms with Gasteiger partial charge in [-0.3, -0.25) is 4.79 Å². The molecule has 0 fully saturated rings. The summed E-state index contributed by atoms with van der Waals surface area (Å²) in [6.07, 6.45) is 0.447. The van der Waals surface area contributed by atoms with Gasteiger partial charge in [-0.25, -0.2) is 9.78 Å². The van der Waals surface area contributed by atoms with E-state index in [0.29, 0.717) is 5.56 Å². The normalized spacial score (nSPS) is 11.8. The molecular formula is C17H16ClNO3. The highest BCUT2D eigenvalue weighted by Gasteiger charge is 2.20. The average Bonchev–Trinajstić information content (AvgIpc) is 2.49. The second-order valence-corrected chi connectivity index (χ2v) is 5.47. The largest absolute Gasteiger partial charge is 0.451 e. The first-order chi connectivity index (χ1) is 10.4. The van der Waals surface area contributed by atoms with E-state index in [1.165, 1.54) is 18.3 Å². The van der Waals surface area contributed by atoms with E-state index in [4.69, 9.17) is 16.3 Å². The summed E-state index contributed by atoms with van der Waals surface area (Å²) in [5.74, 6) is -0.841. The number of rotatable bonds is 4. The van der Waals surface area contributed by atoms with Gasteiger partial charge >= 0.3 is 5.97 Å². The van der Waals surface area contributed by atoms with Crippen LogP contribution in [0.3, 0.4) is 0 Å². The summed E-state index contributed by atoms with van der Waals surface area (Å²) in [6, 6.07) is 8.41. The lowest BCUT2D eigenvalue weighted by atomic mass is 10.0. The molecule has 2 aromatic rings. The minimum absolute atomic E-state index is 0.238. The third-order valence-electron chi connectivity index (χ3n) is 3.41. The number of aryl methyl sites for hydroxylation is 2. The number of ether oxygens (including phenoxy) is 1. The molecule has 0 amide bonds. The molecule has 0 aliphatic rings. The molecule has 1 atom stereocenters. The first-order valence-corrected chi connectivity index (χ1v) is 7.20. The smallest absolute Gasteiger partial charge is 0.340 e. The van der Waals surface area contributed by atoms with E-state index in [1.54, 1.807) is 19.1 Å². The molecule has 0 aliphatic heterocycles. The van der Waals surface area contributed by atoms with Crippen LogP contribution in [0.1, 0.15) is 38.8 Å². The number of hydrogen-bond donors (Lipinski definition) is 0. The van der Waals surface area contributed by atoms with Crippen molar-refractivity contribution >= 4 is 23.4 Å². The molecule has 22 heavy (non-hydrogen) atoms. The molecule has 4 nitrogen and oxygen atoms in total. The van der Waals surface area contributed by atoms with Gasteiger partial charge in [0.2, 0.25) is 5.78 Å². The Morgan fingerprint density at radius 3 is 2.36 bits per heavy atom. The molecule has 2 rings (SSSR count). The zero-order valence-corrected chi connectivity index (χ0v) is 13.3. The molecule has 0 saturated heterocycles. The second-order valence-electron chi connectivity index (χ2n) is 5.08. The van der Waals surface area contributed by atoms with E-state index in [9.17, 15) is 9.59 Å². The zero-order chi connectivity index (χ0) is 16.3. The average molecular weight is 318 g/mol. The fraction of sp³-hybridized carbons (Fsp3) is 0.235. The third kappa shape index (κ3) is 3.71. The zero-order valence-electron chi connectivity index (χ0n) is 12.6. The maximum Gasteiger partial charge on any atom is 0.340 e. The molecule has 1 aromatic carbocycles. The van der Waals surface area contributed by atoms with Crippen LogP contribution in [0.2, 0.25) is 5.15 Å². The topological polar surface area (TPSA) is 56.3 Å². The Balaban J connectivity index is 2.09. The molecule has 0 saturated carbocycles. The lowest BCUT2D eigenvalue weighted by Crippen LogP contribution is -2.24. The summed E-state index contributed by atoms with van der Waals surface area (Å²) in [7, 11) is 0. The Morgan fingerprint density at radius 2 is 1.77 bits per heavy atom. The summed E-state index contributed by atoms with van der Waals surface area (Å²) in [6.45, 7) is 5.46. The van der Waals surface area contributed by atoms with Crippen molar-refractivity contribution in [2.24, 2.45) is 0 Å². The molecule has 0 unspecified atom stereocenters. The monoisotopic (exact) mass is 317 g/mol. The highest BCUT2D eigenvalue weighted by molar-refractivity contribution is 6.29. The summed E-state index contributed by atoms with van der Waals surface area (Å²) in [4.78, 5) is 28.1. The first kappa shape index (κ1) is 16.2. The Hall–Kier alpha value is -2.20. The predicted molar refractivity (Wildman–Crippen MR) is 84.4 cm³/mol. The van der Waals surface area contributed by atoms with Gasteiger partial charge in [0.25, 0.3) is 0 Å². The van der Waals surface area contributed by atoms with Crippen molar-refractivity contribution in [1.29, 1.82) is 0 Å². The van der Waals surface area contributed by atoms with Gasteiger partial charge in [0.1, 0.15) is 5.15 Å². The number of carbonyl (C=O) groups excluding carboxylic acids is 2. The predicted octanol–water partition coefficient (Wildman–Crippen LogP) is 3.78. The van der Waals surface area contributed by atoms with E-state index in [-0.39, 0.29) is 16.5 Å². The van der Waals surface area contributed by atoms with Crippen LogP contribution in [-0.2, 0) is 4.74 Å². The Kier molecular flexibility index (Phi) is 4.93. The lowest BCUT2D eigenvalue weighted by molar-refractivity contribution is 0.0318. The second kappa shape index (κ2) is 6.71. The van der Waals surface area contributed by atoms with Gasteiger partial charge in [0.05, 0.1) is 5.56 Å². The van der Waals surface area contributed by atoms with Gasteiger partial charge in [-0.2, -0.15) is 0 Å². The number of Topliss-reactive ketones (excluding diaryl/α,β-unsaturated/α-hetero) is 1. The van der Waals surface area contributed by atoms with Crippen molar-refractivity contribution in [3.8, 4) is 0 Å². The van der Waals surface area contributed by atoms with Crippen molar-refractivity contribution in [3.05, 3.63) is 63.9 Å². The van der Waals surface area contributed by atoms with Gasteiger partial charge in [0, 0.05) is 11.8 Å². The number of pyridine rings is 1. The molecule has 114 valence electrons. The number of aromatic nitrogens is 1. The molecule has 1 heterocycles. The Bertz CT molecular complexity index is 710. The molecule has 0 aliphatic carbocycles. The maximum absolute atomic E-state index is 12.3. The Morgan fingerprint density at radius 1 is 1.09 bits per heavy atom. The van der Waals surface area contributed by atoms with Gasteiger partial charge < -0.3 is 4.74 Å². The van der Waals surface area contributed by atoms with Crippen molar-refractivity contribution in [1.82, 2.24) is 4.98 Å². The van der Waals surface area contributed by atoms with E-state index in [1.807, 2.05) is 19.9 Å². The molecular weight excluding hydrogens is 302 g/mol. The highest BCUT2D eigenvalue weighted by atomic mass is 35.5. The molecule has 0 N–H and O–H groups in total. The standard InChI is InChI=1S/C17H16ClNO3/c1-10-4-5-13(8-11(10)2)16(20)12(3)22-17(21)14-6-7-15(18)19-9-14/h4-9,12H,1-3H3/t12-/m1/s1. The van der Waals surface area contributed by atoms with Crippen LogP contribution in [0.5, 0.6) is 0 Å². The van der Waals surface area contributed by atoms with E-state index in [2.05, 4.69) is 4.98 Å². The van der Waals surface area contributed by atoms with Crippen LogP contribution in [-0.4, -0.2) is 22.8 Å². The van der Waals surface area contributed by atoms with Crippen molar-refractivity contribution < 1.29 is 14.3 Å². The van der Waals surface area contributed by atoms with Gasteiger partial charge in [0.15, 0.2) is 6.10 Å². The number of halogens is 1. The number of esters is 1. The van der Waals surface area contributed by atoms with Gasteiger partial charge in [-0.05, 0) is 50.1 Å². The molecule has 0 spiro atoms. The third-order valence-corrected chi connectivity index (χ3v) is 3.63. The first-order valence-electron chi connectivity index (χ1n) is 6.82. The van der Waals surface area contributed by atoms with E-state index in [0.717, 1.165) is 11.1 Å². The van der Waals surface area contributed by atoms with Crippen molar-refractivity contribution in [2.75, 3.05) is 0 Å². The molecule has 5 heteroatoms. The SMILES string of the molecule is Cc1ccc(C(=O)[C@@H](C)OC(=O)c2ccc(Cl)nc2)cc1C. The molecule has 0 radical (unpaired) electrons. The van der Waals surface area contributed by atoms with Crippen LogP contribution in [0.15, 0.2) is 36.5 Å². The number of nitrogens with zero attached hydrogens (tertiary/aromatic N) is 1. The van der Waals surface area contributed by atoms with Gasteiger partial charge in [-0.15, -0.1) is 0 Å². The number of hydrogen-bond acceptors (Lipinski definition) is 4. The van der Waals surface area contributed by atoms with E-state index >= 15 is 0 Å². The summed E-state index contributed by atoms with van der Waals surface area (Å²) in [5.41, 5.74) is 2.90. The molecule has 1 aromatic heterocycles. The van der Waals surface area contributed by atoms with Crippen molar-refractivity contribution in [3.63, 3.8) is 0 Å². The van der Waals surface area contributed by atoms with Crippen LogP contribution in [0.4, 0.5) is 0 Å². The van der Waals surface area contributed by atoms with Crippen LogP contribution < -0.4 is 0 Å². The molecule has 0 bridgehead atoms. The highest BCUT2D eigenvalue weighted by Crippen LogP contribution is 2.14. The maximum atomic E-state index is 12.3. The van der Waals surface area contributed by atoms with Gasteiger partial charge in [-0.1, -0.05) is 23.7 Å². The number of carbonyl (C=O) groups is 2. The fourth-order valence-electron chi connectivity index (χ4n) is 1.91. The minimum Gasteiger partial charge on any atom is -0.451 e. The van der Waals surface area contributed by atoms with Crippen LogP contribution in [0.25, 0.3) is 0 Å². The fourth-order valence-corrected chi connectivity index (χ4v) is 2.02. The summed E-state index contributed by atoms with van der Waals surface area (Å²) >= 11 is 5.66. The van der Waals surface area contributed by atoms with Crippen molar-refractivity contribution in [2.45, 2.75) is 26.9 Å². The lowest BCUT2D eigenvalue weighted by Gasteiger charge is -2.13. The summed E-state index contributed by atoms with van der Waals surface area (Å²) < 4.78 is 5.19. The number of benzene rings is 1. The Labute approximate surface area is 134 Å². The summed E-state index contributed by atoms with van der Waals surface area (Å²) in [5, 5.41) is 0.288. The number of ketones is 1. The van der Waals surface area contributed by atoms with E-state index < -0.39 is 12.1 Å². The van der Waals surface area contributed by atoms with Crippen LogP contribution in [0, 0.1) is 13.8 Å². The quantitative estimate of drug-likeness (QED) is 0.489. The minimum atomic E-state index is -0.870. The van der Waals surface area contributed by atoms with Crippen LogP contribution >= 0.6 is 11.6 Å².